The summed E-state index contributed by atoms with van der Waals surface area (Å²) < 4.78 is 29.9. The molecule has 2 aromatic rings. The fourth-order valence-electron chi connectivity index (χ4n) is 3.30. The van der Waals surface area contributed by atoms with Crippen LogP contribution in [0.4, 0.5) is 0 Å². The van der Waals surface area contributed by atoms with Crippen LogP contribution in [0, 0.1) is 13.8 Å². The molecule has 0 bridgehead atoms. The maximum atomic E-state index is 13.2. The van der Waals surface area contributed by atoms with Crippen LogP contribution in [0.25, 0.3) is 0 Å². The number of ether oxygens (including phenoxy) is 1. The lowest BCUT2D eigenvalue weighted by molar-refractivity contribution is -0.140. The second-order valence-electron chi connectivity index (χ2n) is 7.06. The monoisotopic (exact) mass is 407 g/mol. The van der Waals surface area contributed by atoms with Gasteiger partial charge in [0.1, 0.15) is 5.75 Å². The lowest BCUT2D eigenvalue weighted by atomic mass is 10.1. The van der Waals surface area contributed by atoms with Crippen molar-refractivity contribution < 1.29 is 17.9 Å². The van der Waals surface area contributed by atoms with E-state index in [0.29, 0.717) is 18.7 Å². The molecule has 1 aromatic carbocycles. The average Bonchev–Trinajstić information content (AvgIpc) is 3.25. The summed E-state index contributed by atoms with van der Waals surface area (Å²) in [6, 6.07) is 9.36. The van der Waals surface area contributed by atoms with Gasteiger partial charge in [0.15, 0.2) is 15.9 Å². The third-order valence-electron chi connectivity index (χ3n) is 5.04. The normalized spacial score (nSPS) is 19.6. The number of thiophene rings is 1. The van der Waals surface area contributed by atoms with Crippen LogP contribution in [0.1, 0.15) is 29.3 Å². The molecule has 0 radical (unpaired) electrons. The number of carbonyl (C=O) groups excluding carboxylic acids is 1. The molecule has 0 saturated carbocycles. The van der Waals surface area contributed by atoms with Gasteiger partial charge in [0.25, 0.3) is 5.91 Å². The van der Waals surface area contributed by atoms with Gasteiger partial charge in [0.05, 0.1) is 18.1 Å². The Kier molecular flexibility index (Phi) is 5.91. The number of hydrogen-bond acceptors (Lipinski definition) is 5. The van der Waals surface area contributed by atoms with Crippen molar-refractivity contribution in [3.05, 3.63) is 51.7 Å². The van der Waals surface area contributed by atoms with Crippen molar-refractivity contribution in [3.63, 3.8) is 0 Å². The van der Waals surface area contributed by atoms with Gasteiger partial charge in [-0.05, 0) is 55.8 Å². The molecule has 27 heavy (non-hydrogen) atoms. The number of aryl methyl sites for hydroxylation is 1. The molecule has 0 N–H and O–H groups in total. The fourth-order valence-corrected chi connectivity index (χ4v) is 5.74. The largest absolute Gasteiger partial charge is 0.481 e. The van der Waals surface area contributed by atoms with E-state index in [9.17, 15) is 13.2 Å². The van der Waals surface area contributed by atoms with Gasteiger partial charge >= 0.3 is 0 Å². The average molecular weight is 408 g/mol. The van der Waals surface area contributed by atoms with Crippen molar-refractivity contribution in [1.82, 2.24) is 4.90 Å². The zero-order valence-electron chi connectivity index (χ0n) is 15.8. The molecule has 1 aromatic heterocycles. The highest BCUT2D eigenvalue weighted by molar-refractivity contribution is 7.91. The molecule has 2 atom stereocenters. The number of nitrogens with zero attached hydrogens (tertiary/aromatic N) is 1. The maximum absolute atomic E-state index is 13.2. The van der Waals surface area contributed by atoms with Gasteiger partial charge in [0.2, 0.25) is 0 Å². The third kappa shape index (κ3) is 4.71. The Hall–Kier alpha value is -1.86. The first kappa shape index (κ1) is 19.9. The second kappa shape index (κ2) is 8.02. The first-order valence-corrected chi connectivity index (χ1v) is 11.7. The third-order valence-corrected chi connectivity index (χ3v) is 7.66. The quantitative estimate of drug-likeness (QED) is 0.737. The summed E-state index contributed by atoms with van der Waals surface area (Å²) in [6.07, 6.45) is -0.205. The highest BCUT2D eigenvalue weighted by Crippen LogP contribution is 2.25. The van der Waals surface area contributed by atoms with E-state index < -0.39 is 15.9 Å². The van der Waals surface area contributed by atoms with Crippen LogP contribution in [-0.4, -0.2) is 42.9 Å². The Labute approximate surface area is 164 Å². The van der Waals surface area contributed by atoms with Crippen molar-refractivity contribution >= 4 is 27.1 Å². The second-order valence-corrected chi connectivity index (χ2v) is 10.3. The van der Waals surface area contributed by atoms with Crippen LogP contribution in [0.15, 0.2) is 35.7 Å². The van der Waals surface area contributed by atoms with Gasteiger partial charge in [-0.1, -0.05) is 18.2 Å². The van der Waals surface area contributed by atoms with Gasteiger partial charge in [-0.3, -0.25) is 4.79 Å². The lowest BCUT2D eigenvalue weighted by Gasteiger charge is -2.30. The number of amides is 1. The van der Waals surface area contributed by atoms with Crippen LogP contribution >= 0.6 is 11.3 Å². The Bertz CT molecular complexity index is 906. The molecule has 0 aliphatic carbocycles. The van der Waals surface area contributed by atoms with Crippen molar-refractivity contribution in [3.8, 4) is 5.75 Å². The Morgan fingerprint density at radius 2 is 2.07 bits per heavy atom. The van der Waals surface area contributed by atoms with E-state index in [1.807, 2.05) is 49.6 Å². The van der Waals surface area contributed by atoms with Gasteiger partial charge < -0.3 is 9.64 Å². The van der Waals surface area contributed by atoms with Gasteiger partial charge in [-0.2, -0.15) is 0 Å². The topological polar surface area (TPSA) is 63.7 Å². The van der Waals surface area contributed by atoms with Crippen LogP contribution in [0.5, 0.6) is 5.75 Å². The van der Waals surface area contributed by atoms with E-state index in [-0.39, 0.29) is 23.5 Å². The Balaban J connectivity index is 1.80. The van der Waals surface area contributed by atoms with Crippen molar-refractivity contribution in [2.45, 2.75) is 45.9 Å². The standard InChI is InChI=1S/C20H25NO4S2/c1-14-6-4-8-19(15(14)2)25-16(3)20(22)21(12-18-7-5-10-26-18)17-9-11-27(23,24)13-17/h4-8,10,16-17H,9,11-13H2,1-3H3/t16-,17-/m1/s1. The smallest absolute Gasteiger partial charge is 0.263 e. The summed E-state index contributed by atoms with van der Waals surface area (Å²) >= 11 is 1.56. The number of hydrogen-bond donors (Lipinski definition) is 0. The molecule has 5 nitrogen and oxygen atoms in total. The summed E-state index contributed by atoms with van der Waals surface area (Å²) in [6.45, 7) is 6.11. The minimum absolute atomic E-state index is 0.0281. The Morgan fingerprint density at radius 1 is 1.30 bits per heavy atom. The molecule has 1 saturated heterocycles. The van der Waals surface area contributed by atoms with Crippen LogP contribution < -0.4 is 4.74 Å². The molecule has 1 fully saturated rings. The SMILES string of the molecule is Cc1cccc(O[C@H](C)C(=O)N(Cc2cccs2)[C@@H]2CCS(=O)(=O)C2)c1C. The van der Waals surface area contributed by atoms with E-state index in [0.717, 1.165) is 16.0 Å². The minimum Gasteiger partial charge on any atom is -0.481 e. The molecule has 0 unspecified atom stereocenters. The van der Waals surface area contributed by atoms with Gasteiger partial charge in [0, 0.05) is 10.9 Å². The van der Waals surface area contributed by atoms with Crippen molar-refractivity contribution in [2.75, 3.05) is 11.5 Å². The summed E-state index contributed by atoms with van der Waals surface area (Å²) in [4.78, 5) is 15.9. The molecule has 1 aliphatic heterocycles. The molecule has 7 heteroatoms. The highest BCUT2D eigenvalue weighted by atomic mass is 32.2. The molecule has 3 rings (SSSR count). The summed E-state index contributed by atoms with van der Waals surface area (Å²) in [5.74, 6) is 0.677. The molecule has 2 heterocycles. The van der Waals surface area contributed by atoms with Gasteiger partial charge in [-0.15, -0.1) is 11.3 Å². The molecule has 1 aliphatic rings. The summed E-state index contributed by atoms with van der Waals surface area (Å²) in [7, 11) is -3.08. The zero-order chi connectivity index (χ0) is 19.6. The lowest BCUT2D eigenvalue weighted by Crippen LogP contribution is -2.46. The zero-order valence-corrected chi connectivity index (χ0v) is 17.5. The van der Waals surface area contributed by atoms with E-state index in [4.69, 9.17) is 4.74 Å². The van der Waals surface area contributed by atoms with E-state index in [2.05, 4.69) is 0 Å². The number of carbonyl (C=O) groups is 1. The van der Waals surface area contributed by atoms with Crippen LogP contribution in [-0.2, 0) is 21.2 Å². The number of benzene rings is 1. The highest BCUT2D eigenvalue weighted by Gasteiger charge is 2.36. The molecule has 1 amide bonds. The van der Waals surface area contributed by atoms with Crippen molar-refractivity contribution in [1.29, 1.82) is 0 Å². The molecule has 146 valence electrons. The summed E-state index contributed by atoms with van der Waals surface area (Å²) in [5.41, 5.74) is 2.11. The van der Waals surface area contributed by atoms with E-state index in [1.165, 1.54) is 0 Å². The molecular formula is C20H25NO4S2. The minimum atomic E-state index is -3.08. The van der Waals surface area contributed by atoms with Crippen LogP contribution in [0.3, 0.4) is 0 Å². The summed E-state index contributed by atoms with van der Waals surface area (Å²) in [5, 5.41) is 1.96. The molecule has 0 spiro atoms. The predicted molar refractivity (Wildman–Crippen MR) is 108 cm³/mol. The van der Waals surface area contributed by atoms with Crippen LogP contribution in [0.2, 0.25) is 0 Å². The first-order valence-electron chi connectivity index (χ1n) is 9.03. The van der Waals surface area contributed by atoms with Gasteiger partial charge in [-0.25, -0.2) is 8.42 Å². The number of sulfone groups is 1. The Morgan fingerprint density at radius 3 is 2.70 bits per heavy atom. The maximum Gasteiger partial charge on any atom is 0.263 e. The molecular weight excluding hydrogens is 382 g/mol. The predicted octanol–water partition coefficient (Wildman–Crippen LogP) is 3.35. The fraction of sp³-hybridized carbons (Fsp3) is 0.450. The number of rotatable bonds is 6. The van der Waals surface area contributed by atoms with E-state index >= 15 is 0 Å². The van der Waals surface area contributed by atoms with E-state index in [1.54, 1.807) is 23.2 Å². The van der Waals surface area contributed by atoms with Crippen molar-refractivity contribution in [2.24, 2.45) is 0 Å². The first-order chi connectivity index (χ1) is 12.8.